The first kappa shape index (κ1) is 13.1. The van der Waals surface area contributed by atoms with E-state index in [1.165, 1.54) is 14.2 Å². The number of rotatable bonds is 3. The molecule has 1 unspecified atom stereocenters. The van der Waals surface area contributed by atoms with Crippen LogP contribution < -0.4 is 5.32 Å². The van der Waals surface area contributed by atoms with Crippen molar-refractivity contribution in [3.63, 3.8) is 0 Å². The van der Waals surface area contributed by atoms with Gasteiger partial charge in [0.1, 0.15) is 6.04 Å². The molecular formula is C13H14N2O4. The Morgan fingerprint density at radius 3 is 2.53 bits per heavy atom. The van der Waals surface area contributed by atoms with Crippen molar-refractivity contribution in [2.24, 2.45) is 0 Å². The van der Waals surface area contributed by atoms with Crippen LogP contribution in [0.3, 0.4) is 0 Å². The molecule has 0 saturated carbocycles. The maximum absolute atomic E-state index is 11.8. The molecule has 1 heterocycles. The van der Waals surface area contributed by atoms with Crippen molar-refractivity contribution < 1.29 is 19.1 Å². The van der Waals surface area contributed by atoms with Gasteiger partial charge in [-0.3, -0.25) is 14.5 Å². The normalized spacial score (nSPS) is 15.2. The van der Waals surface area contributed by atoms with Crippen LogP contribution in [0.15, 0.2) is 18.2 Å². The fourth-order valence-electron chi connectivity index (χ4n) is 1.94. The highest BCUT2D eigenvalue weighted by Crippen LogP contribution is 2.25. The van der Waals surface area contributed by atoms with E-state index < -0.39 is 12.0 Å². The number of amides is 2. The second kappa shape index (κ2) is 4.72. The molecular weight excluding hydrogens is 248 g/mol. The van der Waals surface area contributed by atoms with E-state index in [0.717, 1.165) is 4.90 Å². The number of carbonyl (C=O) groups is 3. The molecule has 0 bridgehead atoms. The summed E-state index contributed by atoms with van der Waals surface area (Å²) in [5.41, 5.74) is 1.31. The predicted molar refractivity (Wildman–Crippen MR) is 68.0 cm³/mol. The van der Waals surface area contributed by atoms with Gasteiger partial charge in [0.2, 0.25) is 0 Å². The molecule has 1 aliphatic rings. The molecule has 6 nitrogen and oxygen atoms in total. The zero-order chi connectivity index (χ0) is 14.2. The molecule has 0 aliphatic carbocycles. The number of esters is 1. The number of hydrogen-bond acceptors (Lipinski definition) is 5. The highest BCUT2D eigenvalue weighted by atomic mass is 16.5. The van der Waals surface area contributed by atoms with Crippen LogP contribution in [0.25, 0.3) is 0 Å². The zero-order valence-corrected chi connectivity index (χ0v) is 10.9. The van der Waals surface area contributed by atoms with E-state index in [1.54, 1.807) is 25.1 Å². The zero-order valence-electron chi connectivity index (χ0n) is 10.9. The van der Waals surface area contributed by atoms with E-state index in [0.29, 0.717) is 16.8 Å². The van der Waals surface area contributed by atoms with E-state index in [2.05, 4.69) is 10.1 Å². The molecule has 0 aromatic heterocycles. The number of carbonyl (C=O) groups excluding carboxylic acids is 3. The van der Waals surface area contributed by atoms with Crippen LogP contribution in [0.2, 0.25) is 0 Å². The number of imide groups is 1. The van der Waals surface area contributed by atoms with E-state index in [4.69, 9.17) is 0 Å². The van der Waals surface area contributed by atoms with Gasteiger partial charge >= 0.3 is 5.97 Å². The fourth-order valence-corrected chi connectivity index (χ4v) is 1.94. The van der Waals surface area contributed by atoms with Gasteiger partial charge in [-0.2, -0.15) is 0 Å². The average molecular weight is 262 g/mol. The molecule has 1 atom stereocenters. The van der Waals surface area contributed by atoms with E-state index in [9.17, 15) is 14.4 Å². The van der Waals surface area contributed by atoms with Crippen molar-refractivity contribution in [3.8, 4) is 0 Å². The minimum Gasteiger partial charge on any atom is -0.467 e. The van der Waals surface area contributed by atoms with Crippen molar-refractivity contribution in [2.45, 2.75) is 13.0 Å². The van der Waals surface area contributed by atoms with Crippen LogP contribution in [0.5, 0.6) is 0 Å². The smallest absolute Gasteiger partial charge is 0.327 e. The van der Waals surface area contributed by atoms with Gasteiger partial charge in [-0.15, -0.1) is 0 Å². The molecule has 6 heteroatoms. The SMILES string of the molecule is COC(=O)C(C)Nc1ccc2c(c1)C(=O)N(C)C2=O. The van der Waals surface area contributed by atoms with Crippen molar-refractivity contribution in [1.82, 2.24) is 4.90 Å². The average Bonchev–Trinajstić information content (AvgIpc) is 2.63. The Labute approximate surface area is 110 Å². The molecule has 19 heavy (non-hydrogen) atoms. The number of nitrogens with zero attached hydrogens (tertiary/aromatic N) is 1. The van der Waals surface area contributed by atoms with Crippen molar-refractivity contribution in [3.05, 3.63) is 29.3 Å². The van der Waals surface area contributed by atoms with Gasteiger partial charge in [-0.05, 0) is 25.1 Å². The minimum atomic E-state index is -0.534. The summed E-state index contributed by atoms with van der Waals surface area (Å²) in [4.78, 5) is 35.9. The standard InChI is InChI=1S/C13H14N2O4/c1-7(13(18)19-3)14-8-4-5-9-10(6-8)12(17)15(2)11(9)16/h4-7,14H,1-3H3. The summed E-state index contributed by atoms with van der Waals surface area (Å²) in [6.07, 6.45) is 0. The highest BCUT2D eigenvalue weighted by Gasteiger charge is 2.32. The van der Waals surface area contributed by atoms with E-state index in [1.807, 2.05) is 0 Å². The Balaban J connectivity index is 2.26. The predicted octanol–water partition coefficient (Wildman–Crippen LogP) is 0.886. The lowest BCUT2D eigenvalue weighted by atomic mass is 10.1. The number of methoxy groups -OCH3 is 1. The number of ether oxygens (including phenoxy) is 1. The van der Waals surface area contributed by atoms with Gasteiger partial charge in [-0.1, -0.05) is 0 Å². The Bertz CT molecular complexity index is 568. The summed E-state index contributed by atoms with van der Waals surface area (Å²) >= 11 is 0. The lowest BCUT2D eigenvalue weighted by Gasteiger charge is -2.13. The first-order valence-electron chi connectivity index (χ1n) is 5.76. The third-order valence-corrected chi connectivity index (χ3v) is 3.03. The third-order valence-electron chi connectivity index (χ3n) is 3.03. The third kappa shape index (κ3) is 2.16. The van der Waals surface area contributed by atoms with Crippen LogP contribution in [0.1, 0.15) is 27.6 Å². The van der Waals surface area contributed by atoms with Crippen LogP contribution in [0.4, 0.5) is 5.69 Å². The molecule has 0 radical (unpaired) electrons. The Hall–Kier alpha value is -2.37. The lowest BCUT2D eigenvalue weighted by Crippen LogP contribution is -2.27. The van der Waals surface area contributed by atoms with Gasteiger partial charge in [-0.25, -0.2) is 4.79 Å². The van der Waals surface area contributed by atoms with Crippen molar-refractivity contribution in [1.29, 1.82) is 0 Å². The highest BCUT2D eigenvalue weighted by molar-refractivity contribution is 6.21. The molecule has 0 saturated heterocycles. The summed E-state index contributed by atoms with van der Waals surface area (Å²) < 4.78 is 4.60. The Morgan fingerprint density at radius 1 is 1.26 bits per heavy atom. The fraction of sp³-hybridized carbons (Fsp3) is 0.308. The first-order valence-corrected chi connectivity index (χ1v) is 5.76. The molecule has 1 aromatic rings. The van der Waals surface area contributed by atoms with Gasteiger partial charge in [0, 0.05) is 12.7 Å². The maximum Gasteiger partial charge on any atom is 0.327 e. The van der Waals surface area contributed by atoms with Crippen LogP contribution in [-0.4, -0.2) is 42.9 Å². The number of benzene rings is 1. The number of hydrogen-bond donors (Lipinski definition) is 1. The van der Waals surface area contributed by atoms with Crippen LogP contribution in [-0.2, 0) is 9.53 Å². The lowest BCUT2D eigenvalue weighted by molar-refractivity contribution is -0.141. The maximum atomic E-state index is 11.8. The molecule has 2 amide bonds. The number of fused-ring (bicyclic) bond motifs is 1. The monoisotopic (exact) mass is 262 g/mol. The number of nitrogens with one attached hydrogen (secondary N) is 1. The summed E-state index contributed by atoms with van der Waals surface area (Å²) in [5.74, 6) is -1.05. The first-order chi connectivity index (χ1) is 8.95. The van der Waals surface area contributed by atoms with Gasteiger partial charge < -0.3 is 10.1 Å². The molecule has 100 valence electrons. The van der Waals surface area contributed by atoms with E-state index in [-0.39, 0.29) is 11.8 Å². The summed E-state index contributed by atoms with van der Waals surface area (Å²) in [6, 6.07) is 4.26. The quantitative estimate of drug-likeness (QED) is 0.646. The second-order valence-corrected chi connectivity index (χ2v) is 4.32. The second-order valence-electron chi connectivity index (χ2n) is 4.32. The minimum absolute atomic E-state index is 0.312. The topological polar surface area (TPSA) is 75.7 Å². The van der Waals surface area contributed by atoms with Gasteiger partial charge in [0.25, 0.3) is 11.8 Å². The van der Waals surface area contributed by atoms with Gasteiger partial charge in [0.15, 0.2) is 0 Å². The summed E-state index contributed by atoms with van der Waals surface area (Å²) in [7, 11) is 2.75. The summed E-state index contributed by atoms with van der Waals surface area (Å²) in [6.45, 7) is 1.65. The van der Waals surface area contributed by atoms with Gasteiger partial charge in [0.05, 0.1) is 18.2 Å². The molecule has 1 N–H and O–H groups in total. The number of anilines is 1. The molecule has 2 rings (SSSR count). The van der Waals surface area contributed by atoms with E-state index >= 15 is 0 Å². The summed E-state index contributed by atoms with van der Waals surface area (Å²) in [5, 5.41) is 2.92. The Kier molecular flexibility index (Phi) is 3.25. The largest absolute Gasteiger partial charge is 0.467 e. The van der Waals surface area contributed by atoms with Crippen molar-refractivity contribution >= 4 is 23.5 Å². The molecule has 1 aromatic carbocycles. The van der Waals surface area contributed by atoms with Crippen LogP contribution >= 0.6 is 0 Å². The molecule has 0 fully saturated rings. The van der Waals surface area contributed by atoms with Crippen molar-refractivity contribution in [2.75, 3.05) is 19.5 Å². The molecule has 1 aliphatic heterocycles. The Morgan fingerprint density at radius 2 is 1.89 bits per heavy atom. The molecule has 0 spiro atoms. The van der Waals surface area contributed by atoms with Crippen LogP contribution in [0, 0.1) is 0 Å².